The summed E-state index contributed by atoms with van der Waals surface area (Å²) in [6.45, 7) is 0. The summed E-state index contributed by atoms with van der Waals surface area (Å²) in [6, 6.07) is 5.22. The Morgan fingerprint density at radius 1 is 0.909 bits per heavy atom. The second-order valence-electron chi connectivity index (χ2n) is 5.69. The van der Waals surface area contributed by atoms with Crippen molar-refractivity contribution < 1.29 is 29.3 Å². The molecule has 0 fully saturated rings. The van der Waals surface area contributed by atoms with E-state index in [2.05, 4.69) is 36.6 Å². The number of aliphatic carboxylic acids is 1. The van der Waals surface area contributed by atoms with Crippen LogP contribution in [-0.2, 0) is 14.3 Å². The van der Waals surface area contributed by atoms with Crippen molar-refractivity contribution in [3.05, 3.63) is 86.8 Å². The number of rotatable bonds is 6. The molecule has 2 rings (SSSR count). The third kappa shape index (κ3) is 8.92. The minimum absolute atomic E-state index is 0.170. The van der Waals surface area contributed by atoms with E-state index in [1.807, 2.05) is 0 Å². The van der Waals surface area contributed by atoms with Gasteiger partial charge in [0.25, 0.3) is 11.4 Å². The second-order valence-corrected chi connectivity index (χ2v) is 8.22. The van der Waals surface area contributed by atoms with E-state index >= 15 is 0 Å². The minimum Gasteiger partial charge on any atom is -0.478 e. The Hall–Kier alpha value is -2.80. The third-order valence-electron chi connectivity index (χ3n) is 3.54. The van der Waals surface area contributed by atoms with Gasteiger partial charge in [0, 0.05) is 33.2 Å². The molecule has 1 N–H and O–H groups in total. The Morgan fingerprint density at radius 2 is 1.30 bits per heavy atom. The first kappa shape index (κ1) is 28.2. The van der Waals surface area contributed by atoms with E-state index in [1.165, 1.54) is 31.4 Å². The molecule has 0 bridgehead atoms. The highest BCUT2D eigenvalue weighted by Crippen LogP contribution is 2.32. The van der Waals surface area contributed by atoms with Crippen LogP contribution >= 0.6 is 55.1 Å². The summed E-state index contributed by atoms with van der Waals surface area (Å²) < 4.78 is 5.36. The highest BCUT2D eigenvalue weighted by atomic mass is 79.9. The molecule has 0 aliphatic rings. The molecular formula is C19H12Br2Cl2N2O8. The predicted octanol–water partition coefficient (Wildman–Crippen LogP) is 6.31. The van der Waals surface area contributed by atoms with Gasteiger partial charge in [0.2, 0.25) is 0 Å². The summed E-state index contributed by atoms with van der Waals surface area (Å²) in [4.78, 5) is 41.5. The zero-order chi connectivity index (χ0) is 25.3. The molecule has 0 aliphatic carbocycles. The van der Waals surface area contributed by atoms with Gasteiger partial charge in [-0.25, -0.2) is 9.59 Å². The Balaban J connectivity index is 0.000000331. The SMILES string of the molecule is COC(=O)/C=C/c1cc(Br)c(Cl)cc1[N+](=O)[O-].O=C(O)/C=C/c1cc(Br)c(Cl)cc1[N+](=O)[O-]. The number of carbonyl (C=O) groups is 2. The van der Waals surface area contributed by atoms with Crippen molar-refractivity contribution in [2.75, 3.05) is 7.11 Å². The van der Waals surface area contributed by atoms with Crippen molar-refractivity contribution in [2.24, 2.45) is 0 Å². The molecule has 10 nitrogen and oxygen atoms in total. The van der Waals surface area contributed by atoms with Crippen LogP contribution < -0.4 is 0 Å². The van der Waals surface area contributed by atoms with Crippen LogP contribution in [0.25, 0.3) is 12.2 Å². The van der Waals surface area contributed by atoms with Crippen molar-refractivity contribution in [3.63, 3.8) is 0 Å². The zero-order valence-electron chi connectivity index (χ0n) is 16.3. The number of carboxylic acids is 1. The summed E-state index contributed by atoms with van der Waals surface area (Å²) in [6.07, 6.45) is 4.36. The number of nitro groups is 2. The number of halogens is 4. The van der Waals surface area contributed by atoms with E-state index in [4.69, 9.17) is 28.3 Å². The molecule has 2 aromatic rings. The number of hydrogen-bond acceptors (Lipinski definition) is 7. The molecule has 0 spiro atoms. The Bertz CT molecular complexity index is 1170. The molecule has 0 aliphatic heterocycles. The standard InChI is InChI=1S/C10H7BrClNO4.C9H5BrClNO4/c1-17-10(14)3-2-6-4-7(11)8(12)5-9(6)13(15)16;10-6-3-5(1-2-9(13)14)8(12(15)16)4-7(6)11/h2-5H,1H3;1-4H,(H,13,14)/b3-2+;2-1+. The van der Waals surface area contributed by atoms with Crippen molar-refractivity contribution in [1.82, 2.24) is 0 Å². The summed E-state index contributed by atoms with van der Waals surface area (Å²) in [5.74, 6) is -1.77. The van der Waals surface area contributed by atoms with E-state index < -0.39 is 21.8 Å². The maximum Gasteiger partial charge on any atom is 0.330 e. The lowest BCUT2D eigenvalue weighted by atomic mass is 10.1. The molecule has 0 aromatic heterocycles. The Kier molecular flexibility index (Phi) is 11.2. The fourth-order valence-electron chi connectivity index (χ4n) is 2.07. The molecule has 0 amide bonds. The molecule has 0 heterocycles. The monoisotopic (exact) mass is 624 g/mol. The fraction of sp³-hybridized carbons (Fsp3) is 0.0526. The van der Waals surface area contributed by atoms with Crippen molar-refractivity contribution in [2.45, 2.75) is 0 Å². The highest BCUT2D eigenvalue weighted by molar-refractivity contribution is 9.10. The average Bonchev–Trinajstić information content (AvgIpc) is 2.74. The molecule has 0 saturated carbocycles. The molecular weight excluding hydrogens is 615 g/mol. The maximum absolute atomic E-state index is 10.9. The molecule has 14 heteroatoms. The Morgan fingerprint density at radius 3 is 1.64 bits per heavy atom. The largest absolute Gasteiger partial charge is 0.478 e. The lowest BCUT2D eigenvalue weighted by molar-refractivity contribution is -0.385. The lowest BCUT2D eigenvalue weighted by Gasteiger charge is -2.01. The van der Waals surface area contributed by atoms with Crippen LogP contribution in [0.5, 0.6) is 0 Å². The van der Waals surface area contributed by atoms with Gasteiger partial charge in [-0.2, -0.15) is 0 Å². The average molecular weight is 627 g/mol. The van der Waals surface area contributed by atoms with Crippen LogP contribution in [0.1, 0.15) is 11.1 Å². The summed E-state index contributed by atoms with van der Waals surface area (Å²) >= 11 is 17.7. The van der Waals surface area contributed by atoms with Crippen LogP contribution in [0.15, 0.2) is 45.4 Å². The van der Waals surface area contributed by atoms with Gasteiger partial charge in [-0.3, -0.25) is 20.2 Å². The van der Waals surface area contributed by atoms with Gasteiger partial charge in [0.1, 0.15) is 0 Å². The summed E-state index contributed by atoms with van der Waals surface area (Å²) in [7, 11) is 1.22. The fourth-order valence-corrected chi connectivity index (χ4v) is 3.11. The van der Waals surface area contributed by atoms with Gasteiger partial charge < -0.3 is 9.84 Å². The molecule has 0 atom stereocenters. The third-order valence-corrected chi connectivity index (χ3v) is 5.93. The Labute approximate surface area is 213 Å². The van der Waals surface area contributed by atoms with E-state index in [1.54, 1.807) is 0 Å². The van der Waals surface area contributed by atoms with Gasteiger partial charge in [-0.15, -0.1) is 0 Å². The van der Waals surface area contributed by atoms with Gasteiger partial charge in [0.05, 0.1) is 38.1 Å². The van der Waals surface area contributed by atoms with E-state index in [0.717, 1.165) is 24.3 Å². The first-order valence-corrected chi connectivity index (χ1v) is 10.7. The van der Waals surface area contributed by atoms with Gasteiger partial charge in [-0.1, -0.05) is 23.2 Å². The van der Waals surface area contributed by atoms with Gasteiger partial charge >= 0.3 is 11.9 Å². The lowest BCUT2D eigenvalue weighted by Crippen LogP contribution is -1.95. The summed E-state index contributed by atoms with van der Waals surface area (Å²) in [5, 5.41) is 30.3. The number of carbonyl (C=O) groups excluding carboxylic acids is 1. The quantitative estimate of drug-likeness (QED) is 0.170. The van der Waals surface area contributed by atoms with Crippen LogP contribution in [0.4, 0.5) is 11.4 Å². The molecule has 0 unspecified atom stereocenters. The van der Waals surface area contributed by atoms with Crippen molar-refractivity contribution in [1.29, 1.82) is 0 Å². The molecule has 174 valence electrons. The minimum atomic E-state index is -1.18. The highest BCUT2D eigenvalue weighted by Gasteiger charge is 2.16. The number of hydrogen-bond donors (Lipinski definition) is 1. The molecule has 2 aromatic carbocycles. The normalized spacial score (nSPS) is 10.6. The topological polar surface area (TPSA) is 150 Å². The number of methoxy groups -OCH3 is 1. The van der Waals surface area contributed by atoms with Gasteiger partial charge in [-0.05, 0) is 56.1 Å². The second kappa shape index (κ2) is 13.0. The number of nitro benzene ring substituents is 2. The van der Waals surface area contributed by atoms with Crippen LogP contribution in [0.2, 0.25) is 10.0 Å². The van der Waals surface area contributed by atoms with Crippen molar-refractivity contribution in [3.8, 4) is 0 Å². The number of ether oxygens (including phenoxy) is 1. The van der Waals surface area contributed by atoms with Crippen LogP contribution in [0.3, 0.4) is 0 Å². The summed E-state index contributed by atoms with van der Waals surface area (Å²) in [5.41, 5.74) is 0.00408. The van der Waals surface area contributed by atoms with Crippen LogP contribution in [0, 0.1) is 20.2 Å². The van der Waals surface area contributed by atoms with Crippen molar-refractivity contribution >= 4 is 90.5 Å². The van der Waals surface area contributed by atoms with E-state index in [9.17, 15) is 29.8 Å². The molecule has 0 saturated heterocycles. The molecule has 0 radical (unpaired) electrons. The maximum atomic E-state index is 10.9. The van der Waals surface area contributed by atoms with Gasteiger partial charge in [0.15, 0.2) is 0 Å². The molecule has 33 heavy (non-hydrogen) atoms. The number of esters is 1. The van der Waals surface area contributed by atoms with Crippen LogP contribution in [-0.4, -0.2) is 34.0 Å². The number of benzene rings is 2. The number of carboxylic acid groups (broad SMARTS) is 1. The first-order chi connectivity index (χ1) is 15.4. The zero-order valence-corrected chi connectivity index (χ0v) is 21.0. The predicted molar refractivity (Wildman–Crippen MR) is 129 cm³/mol. The van der Waals surface area contributed by atoms with E-state index in [-0.39, 0.29) is 32.5 Å². The number of nitrogens with zero attached hydrogens (tertiary/aromatic N) is 2. The first-order valence-electron chi connectivity index (χ1n) is 8.31. The van der Waals surface area contributed by atoms with E-state index in [0.29, 0.717) is 8.95 Å². The smallest absolute Gasteiger partial charge is 0.330 e.